The smallest absolute Gasteiger partial charge is 0.337 e. The number of rotatable bonds is 5. The minimum Gasteiger partial charge on any atom is -0.504 e. The topological polar surface area (TPSA) is 78.5 Å². The maximum atomic E-state index is 14.9. The Kier molecular flexibility index (Phi) is 6.44. The Labute approximate surface area is 205 Å². The number of nitrogens with zero attached hydrogens (tertiary/aromatic N) is 1. The van der Waals surface area contributed by atoms with Crippen molar-refractivity contribution in [3.05, 3.63) is 35.3 Å². The molecule has 4 heterocycles. The van der Waals surface area contributed by atoms with Crippen molar-refractivity contribution in [2.75, 3.05) is 46.3 Å². The lowest BCUT2D eigenvalue weighted by atomic mass is 9.61. The fourth-order valence-corrected chi connectivity index (χ4v) is 7.19. The van der Waals surface area contributed by atoms with Crippen molar-refractivity contribution in [3.8, 4) is 5.75 Å². The van der Waals surface area contributed by atoms with E-state index in [1.54, 1.807) is 13.2 Å². The molecule has 3 saturated heterocycles. The predicted molar refractivity (Wildman–Crippen MR) is 126 cm³/mol. The van der Waals surface area contributed by atoms with Crippen LogP contribution in [0.3, 0.4) is 0 Å². The Morgan fingerprint density at radius 3 is 2.86 bits per heavy atom. The summed E-state index contributed by atoms with van der Waals surface area (Å²) in [5.41, 5.74) is 0.574. The van der Waals surface area contributed by atoms with Crippen molar-refractivity contribution in [1.29, 1.82) is 0 Å². The molecule has 4 aliphatic rings. The number of methoxy groups -OCH3 is 3. The van der Waals surface area contributed by atoms with Gasteiger partial charge in [-0.3, -0.25) is 4.90 Å². The van der Waals surface area contributed by atoms with Gasteiger partial charge in [0.2, 0.25) is 0 Å². The summed E-state index contributed by atoms with van der Waals surface area (Å²) in [6, 6.07) is 3.21. The molecule has 0 unspecified atom stereocenters. The van der Waals surface area contributed by atoms with Crippen LogP contribution in [-0.2, 0) is 29.6 Å². The number of carbonyl (C=O) groups is 1. The van der Waals surface area contributed by atoms with Crippen LogP contribution in [0.5, 0.6) is 5.75 Å². The van der Waals surface area contributed by atoms with Gasteiger partial charge in [0.15, 0.2) is 17.2 Å². The highest BCUT2D eigenvalue weighted by Gasteiger charge is 2.69. The SMILES string of the molecule is CC[C@H]1CN2CC[C@@]34OOCCC[C@]3(Nc3ccc(F)c(OC)c34)[C@H]2C[C@H]1/C(=C/OC)C(=O)OC. The highest BCUT2D eigenvalue weighted by molar-refractivity contribution is 5.88. The maximum Gasteiger partial charge on any atom is 0.337 e. The van der Waals surface area contributed by atoms with Gasteiger partial charge >= 0.3 is 5.97 Å². The van der Waals surface area contributed by atoms with Gasteiger partial charge in [0.25, 0.3) is 0 Å². The van der Waals surface area contributed by atoms with E-state index in [9.17, 15) is 9.18 Å². The van der Waals surface area contributed by atoms with Crippen LogP contribution >= 0.6 is 0 Å². The Hall–Kier alpha value is -2.36. The van der Waals surface area contributed by atoms with Crippen molar-refractivity contribution in [1.82, 2.24) is 4.90 Å². The third-order valence-corrected chi connectivity index (χ3v) is 8.66. The largest absolute Gasteiger partial charge is 0.504 e. The number of halogens is 1. The lowest BCUT2D eigenvalue weighted by Crippen LogP contribution is -2.72. The molecule has 0 spiro atoms. The minimum absolute atomic E-state index is 0.0100. The number of piperidine rings is 2. The Morgan fingerprint density at radius 2 is 2.14 bits per heavy atom. The number of carbonyl (C=O) groups excluding carboxylic acids is 1. The normalized spacial score (nSPS) is 34.4. The number of nitrogens with one attached hydrogen (secondary N) is 1. The zero-order valence-corrected chi connectivity index (χ0v) is 20.9. The van der Waals surface area contributed by atoms with E-state index >= 15 is 0 Å². The number of hydrogen-bond donors (Lipinski definition) is 1. The van der Waals surface area contributed by atoms with Crippen molar-refractivity contribution < 1.29 is 33.2 Å². The van der Waals surface area contributed by atoms with Crippen molar-refractivity contribution >= 4 is 11.7 Å². The number of benzene rings is 1. The Balaban J connectivity index is 1.63. The molecule has 192 valence electrons. The molecular formula is C26H35FN2O6. The van der Waals surface area contributed by atoms with Crippen LogP contribution in [0.4, 0.5) is 10.1 Å². The molecule has 0 radical (unpaired) electrons. The predicted octanol–water partition coefficient (Wildman–Crippen LogP) is 3.76. The van der Waals surface area contributed by atoms with E-state index in [2.05, 4.69) is 17.1 Å². The number of esters is 1. The first-order valence-corrected chi connectivity index (χ1v) is 12.5. The van der Waals surface area contributed by atoms with Crippen molar-refractivity contribution in [2.24, 2.45) is 11.8 Å². The second kappa shape index (κ2) is 9.26. The van der Waals surface area contributed by atoms with E-state index in [0.717, 1.165) is 38.0 Å². The van der Waals surface area contributed by atoms with Gasteiger partial charge in [-0.25, -0.2) is 19.0 Å². The van der Waals surface area contributed by atoms with Gasteiger partial charge in [-0.1, -0.05) is 13.3 Å². The summed E-state index contributed by atoms with van der Waals surface area (Å²) in [4.78, 5) is 27.3. The third kappa shape index (κ3) is 3.46. The molecule has 35 heavy (non-hydrogen) atoms. The molecule has 1 aromatic carbocycles. The van der Waals surface area contributed by atoms with Crippen LogP contribution in [0.2, 0.25) is 0 Å². The van der Waals surface area contributed by atoms with E-state index in [1.165, 1.54) is 26.5 Å². The first-order chi connectivity index (χ1) is 17.0. The number of fused-ring (bicyclic) bond motifs is 2. The van der Waals surface area contributed by atoms with Crippen LogP contribution in [-0.4, -0.2) is 63.5 Å². The number of hydrogen-bond acceptors (Lipinski definition) is 8. The van der Waals surface area contributed by atoms with Gasteiger partial charge in [0.1, 0.15) is 0 Å². The lowest BCUT2D eigenvalue weighted by Gasteiger charge is -2.59. The van der Waals surface area contributed by atoms with Gasteiger partial charge < -0.3 is 19.5 Å². The molecule has 0 bridgehead atoms. The van der Waals surface area contributed by atoms with Gasteiger partial charge in [0, 0.05) is 24.8 Å². The quantitative estimate of drug-likeness (QED) is 0.289. The van der Waals surface area contributed by atoms with Crippen LogP contribution < -0.4 is 10.1 Å². The van der Waals surface area contributed by atoms with Crippen LogP contribution in [0.15, 0.2) is 24.0 Å². The fourth-order valence-electron chi connectivity index (χ4n) is 7.19. The molecule has 3 fully saturated rings. The van der Waals surface area contributed by atoms with Crippen molar-refractivity contribution in [2.45, 2.75) is 56.2 Å². The van der Waals surface area contributed by atoms with Gasteiger partial charge in [-0.05, 0) is 49.7 Å². The summed E-state index contributed by atoms with van der Waals surface area (Å²) in [5, 5.41) is 3.79. The second-order valence-electron chi connectivity index (χ2n) is 10.0. The number of anilines is 1. The van der Waals surface area contributed by atoms with E-state index < -0.39 is 17.0 Å². The van der Waals surface area contributed by atoms with E-state index in [4.69, 9.17) is 24.0 Å². The summed E-state index contributed by atoms with van der Waals surface area (Å²) in [5.74, 6) is -0.363. The summed E-state index contributed by atoms with van der Waals surface area (Å²) in [6.07, 6.45) is 5.37. The van der Waals surface area contributed by atoms with Crippen molar-refractivity contribution in [3.63, 3.8) is 0 Å². The summed E-state index contributed by atoms with van der Waals surface area (Å²) in [7, 11) is 4.44. The second-order valence-corrected chi connectivity index (χ2v) is 10.0. The molecule has 9 heteroatoms. The van der Waals surface area contributed by atoms with Crippen LogP contribution in [0.25, 0.3) is 0 Å². The maximum absolute atomic E-state index is 14.9. The Bertz CT molecular complexity index is 1020. The van der Waals surface area contributed by atoms with Crippen LogP contribution in [0, 0.1) is 17.7 Å². The Morgan fingerprint density at radius 1 is 1.31 bits per heavy atom. The lowest BCUT2D eigenvalue weighted by molar-refractivity contribution is -0.380. The molecule has 1 N–H and O–H groups in total. The fraction of sp³-hybridized carbons (Fsp3) is 0.654. The molecule has 1 aromatic rings. The molecule has 0 saturated carbocycles. The molecular weight excluding hydrogens is 455 g/mol. The zero-order chi connectivity index (χ0) is 24.8. The standard InChI is InChI=1S/C26H35FN2O6/c1-5-16-14-29-11-10-26-22-20(8-7-19(27)23(22)32-3)28-25(26,9-6-12-34-35-26)21(29)13-17(16)18(15-31-2)24(30)33-4/h7-8,15-17,21,28H,5-6,9-14H2,1-4H3/b18-15-/t16-,17+,21+,25-,26-/m0/s1. The molecule has 0 aromatic heterocycles. The van der Waals surface area contributed by atoms with E-state index in [-0.39, 0.29) is 29.6 Å². The molecule has 0 amide bonds. The summed E-state index contributed by atoms with van der Waals surface area (Å²) in [6.45, 7) is 4.22. The molecule has 5 rings (SSSR count). The van der Waals surface area contributed by atoms with Gasteiger partial charge in [-0.15, -0.1) is 0 Å². The summed E-state index contributed by atoms with van der Waals surface area (Å²) >= 11 is 0. The zero-order valence-electron chi connectivity index (χ0n) is 20.9. The average Bonchev–Trinajstić information content (AvgIpc) is 3.02. The minimum atomic E-state index is -0.909. The molecule has 4 aliphatic heterocycles. The molecule has 8 nitrogen and oxygen atoms in total. The molecule has 0 aliphatic carbocycles. The summed E-state index contributed by atoms with van der Waals surface area (Å²) < 4.78 is 31.0. The van der Waals surface area contributed by atoms with Gasteiger partial charge in [0.05, 0.1) is 50.9 Å². The van der Waals surface area contributed by atoms with E-state index in [0.29, 0.717) is 30.6 Å². The first kappa shape index (κ1) is 24.3. The number of ether oxygens (including phenoxy) is 3. The highest BCUT2D eigenvalue weighted by atomic mass is 19.1. The first-order valence-electron chi connectivity index (χ1n) is 12.5. The highest BCUT2D eigenvalue weighted by Crippen LogP contribution is 2.62. The van der Waals surface area contributed by atoms with E-state index in [1.807, 2.05) is 0 Å². The average molecular weight is 491 g/mol. The third-order valence-electron chi connectivity index (χ3n) is 8.66. The van der Waals surface area contributed by atoms with Gasteiger partial charge in [-0.2, -0.15) is 0 Å². The monoisotopic (exact) mass is 490 g/mol. The molecule has 5 atom stereocenters. The van der Waals surface area contributed by atoms with Crippen LogP contribution in [0.1, 0.15) is 44.6 Å².